The van der Waals surface area contributed by atoms with Crippen molar-refractivity contribution in [3.05, 3.63) is 29.7 Å². The average Bonchev–Trinajstić information content (AvgIpc) is 2.72. The first kappa shape index (κ1) is 14.9. The second-order valence-electron chi connectivity index (χ2n) is 6.04. The fourth-order valence-electron chi connectivity index (χ4n) is 2.28. The molecule has 1 unspecified atom stereocenters. The maximum atomic E-state index is 4.44. The average molecular weight is 275 g/mol. The number of likely N-dealkylation sites (N-methyl/N-ethyl adjacent to an activating group) is 1. The van der Waals surface area contributed by atoms with E-state index < -0.39 is 0 Å². The van der Waals surface area contributed by atoms with Crippen LogP contribution in [0.5, 0.6) is 0 Å². The Labute approximate surface area is 121 Å². The standard InChI is InChI=1S/C15H25N5/c1-11(2)14(10-19(4)5)16-7-13-8-17-15-6-12(3)18-20(15)9-13/h6,8-9,11,14,16H,7,10H2,1-5H3. The second-order valence-corrected chi connectivity index (χ2v) is 6.04. The van der Waals surface area contributed by atoms with Crippen molar-refractivity contribution in [3.8, 4) is 0 Å². The molecule has 0 saturated heterocycles. The molecule has 2 heterocycles. The maximum Gasteiger partial charge on any atom is 0.155 e. The normalized spacial score (nSPS) is 13.6. The van der Waals surface area contributed by atoms with Crippen molar-refractivity contribution >= 4 is 5.65 Å². The Kier molecular flexibility index (Phi) is 4.73. The van der Waals surface area contributed by atoms with E-state index in [0.29, 0.717) is 12.0 Å². The van der Waals surface area contributed by atoms with Crippen molar-refractivity contribution in [2.45, 2.75) is 33.4 Å². The van der Waals surface area contributed by atoms with Crippen LogP contribution in [-0.4, -0.2) is 46.2 Å². The number of fused-ring (bicyclic) bond motifs is 1. The van der Waals surface area contributed by atoms with Gasteiger partial charge >= 0.3 is 0 Å². The summed E-state index contributed by atoms with van der Waals surface area (Å²) in [6, 6.07) is 2.46. The van der Waals surface area contributed by atoms with Crippen LogP contribution in [0.25, 0.3) is 5.65 Å². The minimum atomic E-state index is 0.472. The van der Waals surface area contributed by atoms with Gasteiger partial charge in [-0.1, -0.05) is 13.8 Å². The monoisotopic (exact) mass is 275 g/mol. The summed E-state index contributed by atoms with van der Waals surface area (Å²) >= 11 is 0. The largest absolute Gasteiger partial charge is 0.308 e. The lowest BCUT2D eigenvalue weighted by Crippen LogP contribution is -2.41. The first-order chi connectivity index (χ1) is 9.45. The summed E-state index contributed by atoms with van der Waals surface area (Å²) in [7, 11) is 4.22. The lowest BCUT2D eigenvalue weighted by molar-refractivity contribution is 0.288. The molecule has 0 aliphatic heterocycles. The summed E-state index contributed by atoms with van der Waals surface area (Å²) < 4.78 is 1.85. The zero-order chi connectivity index (χ0) is 14.7. The molecular weight excluding hydrogens is 250 g/mol. The molecule has 0 fully saturated rings. The van der Waals surface area contributed by atoms with Crippen LogP contribution in [0.4, 0.5) is 0 Å². The van der Waals surface area contributed by atoms with E-state index in [4.69, 9.17) is 0 Å². The van der Waals surface area contributed by atoms with Gasteiger partial charge in [0.05, 0.1) is 5.69 Å². The molecule has 0 bridgehead atoms. The smallest absolute Gasteiger partial charge is 0.155 e. The molecule has 5 nitrogen and oxygen atoms in total. The molecule has 0 aliphatic rings. The Balaban J connectivity index is 2.03. The zero-order valence-electron chi connectivity index (χ0n) is 13.1. The van der Waals surface area contributed by atoms with Gasteiger partial charge in [0, 0.05) is 43.2 Å². The molecule has 0 amide bonds. The fourth-order valence-corrected chi connectivity index (χ4v) is 2.28. The molecule has 1 N–H and O–H groups in total. The summed E-state index contributed by atoms with van der Waals surface area (Å²) in [5.41, 5.74) is 3.06. The Hall–Kier alpha value is -1.46. The van der Waals surface area contributed by atoms with Crippen LogP contribution < -0.4 is 5.32 Å². The number of aryl methyl sites for hydroxylation is 1. The first-order valence-corrected chi connectivity index (χ1v) is 7.14. The van der Waals surface area contributed by atoms with Gasteiger partial charge in [-0.05, 0) is 26.9 Å². The third-order valence-corrected chi connectivity index (χ3v) is 3.42. The van der Waals surface area contributed by atoms with Gasteiger partial charge in [-0.25, -0.2) is 9.50 Å². The van der Waals surface area contributed by atoms with Crippen LogP contribution in [0.2, 0.25) is 0 Å². The highest BCUT2D eigenvalue weighted by Gasteiger charge is 2.13. The molecule has 2 aromatic heterocycles. The van der Waals surface area contributed by atoms with Crippen LogP contribution in [0.3, 0.4) is 0 Å². The van der Waals surface area contributed by atoms with Crippen molar-refractivity contribution in [2.75, 3.05) is 20.6 Å². The van der Waals surface area contributed by atoms with Crippen LogP contribution >= 0.6 is 0 Å². The molecule has 0 spiro atoms. The second kappa shape index (κ2) is 6.33. The molecule has 20 heavy (non-hydrogen) atoms. The van der Waals surface area contributed by atoms with E-state index in [0.717, 1.165) is 30.0 Å². The van der Waals surface area contributed by atoms with Crippen molar-refractivity contribution in [3.63, 3.8) is 0 Å². The van der Waals surface area contributed by atoms with Gasteiger partial charge in [-0.2, -0.15) is 5.10 Å². The molecule has 2 aromatic rings. The van der Waals surface area contributed by atoms with Gasteiger partial charge in [0.2, 0.25) is 0 Å². The topological polar surface area (TPSA) is 45.5 Å². The fraction of sp³-hybridized carbons (Fsp3) is 0.600. The minimum Gasteiger partial charge on any atom is -0.308 e. The third kappa shape index (κ3) is 3.77. The van der Waals surface area contributed by atoms with E-state index in [1.807, 2.05) is 23.7 Å². The Morgan fingerprint density at radius 2 is 2.10 bits per heavy atom. The van der Waals surface area contributed by atoms with E-state index in [2.05, 4.69) is 54.4 Å². The highest BCUT2D eigenvalue weighted by Crippen LogP contribution is 2.07. The first-order valence-electron chi connectivity index (χ1n) is 7.14. The van der Waals surface area contributed by atoms with Crippen molar-refractivity contribution < 1.29 is 0 Å². The van der Waals surface area contributed by atoms with Gasteiger partial charge in [0.25, 0.3) is 0 Å². The van der Waals surface area contributed by atoms with Crippen LogP contribution in [0.1, 0.15) is 25.1 Å². The summed E-state index contributed by atoms with van der Waals surface area (Å²) in [6.45, 7) is 8.34. The highest BCUT2D eigenvalue weighted by atomic mass is 15.2. The van der Waals surface area contributed by atoms with Gasteiger partial charge in [0.1, 0.15) is 0 Å². The Morgan fingerprint density at radius 3 is 2.75 bits per heavy atom. The quantitative estimate of drug-likeness (QED) is 0.872. The lowest BCUT2D eigenvalue weighted by atomic mass is 10.0. The third-order valence-electron chi connectivity index (χ3n) is 3.42. The minimum absolute atomic E-state index is 0.472. The van der Waals surface area contributed by atoms with E-state index in [1.165, 1.54) is 0 Å². The van der Waals surface area contributed by atoms with Crippen molar-refractivity contribution in [1.82, 2.24) is 24.8 Å². The summed E-state index contributed by atoms with van der Waals surface area (Å²) in [5, 5.41) is 8.02. The maximum absolute atomic E-state index is 4.44. The van der Waals surface area contributed by atoms with Crippen LogP contribution in [0, 0.1) is 12.8 Å². The van der Waals surface area contributed by atoms with Crippen LogP contribution in [-0.2, 0) is 6.54 Å². The number of hydrogen-bond donors (Lipinski definition) is 1. The van der Waals surface area contributed by atoms with Crippen molar-refractivity contribution in [2.24, 2.45) is 5.92 Å². The summed E-state index contributed by atoms with van der Waals surface area (Å²) in [6.07, 6.45) is 3.98. The molecule has 0 aliphatic carbocycles. The van der Waals surface area contributed by atoms with Crippen LogP contribution in [0.15, 0.2) is 18.5 Å². The summed E-state index contributed by atoms with van der Waals surface area (Å²) in [5.74, 6) is 0.598. The van der Waals surface area contributed by atoms with E-state index in [-0.39, 0.29) is 0 Å². The predicted molar refractivity (Wildman–Crippen MR) is 81.7 cm³/mol. The van der Waals surface area contributed by atoms with E-state index in [1.54, 1.807) is 0 Å². The molecule has 0 aromatic carbocycles. The van der Waals surface area contributed by atoms with E-state index >= 15 is 0 Å². The molecule has 1 atom stereocenters. The van der Waals surface area contributed by atoms with E-state index in [9.17, 15) is 0 Å². The number of nitrogens with one attached hydrogen (secondary N) is 1. The molecule has 110 valence electrons. The Bertz CT molecular complexity index is 558. The molecule has 0 saturated carbocycles. The molecular formula is C15H25N5. The number of nitrogens with zero attached hydrogens (tertiary/aromatic N) is 4. The summed E-state index contributed by atoms with van der Waals surface area (Å²) in [4.78, 5) is 6.65. The number of aromatic nitrogens is 3. The number of hydrogen-bond acceptors (Lipinski definition) is 4. The molecule has 5 heteroatoms. The van der Waals surface area contributed by atoms with Gasteiger partial charge in [-0.15, -0.1) is 0 Å². The SMILES string of the molecule is Cc1cc2ncc(CNC(CN(C)C)C(C)C)cn2n1. The number of rotatable bonds is 6. The van der Waals surface area contributed by atoms with Gasteiger partial charge in [-0.3, -0.25) is 0 Å². The molecule has 2 rings (SSSR count). The molecule has 0 radical (unpaired) electrons. The highest BCUT2D eigenvalue weighted by molar-refractivity contribution is 5.38. The Morgan fingerprint density at radius 1 is 1.35 bits per heavy atom. The van der Waals surface area contributed by atoms with Gasteiger partial charge in [0.15, 0.2) is 5.65 Å². The van der Waals surface area contributed by atoms with Gasteiger partial charge < -0.3 is 10.2 Å². The van der Waals surface area contributed by atoms with Crippen molar-refractivity contribution in [1.29, 1.82) is 0 Å². The zero-order valence-corrected chi connectivity index (χ0v) is 13.1. The predicted octanol–water partition coefficient (Wildman–Crippen LogP) is 1.71. The lowest BCUT2D eigenvalue weighted by Gasteiger charge is -2.25.